The fraction of sp³-hybridized carbons (Fsp3) is 0.200. The van der Waals surface area contributed by atoms with E-state index < -0.39 is 0 Å². The number of carbonyl (C=O) groups is 1. The zero-order chi connectivity index (χ0) is 14.7. The second kappa shape index (κ2) is 5.97. The Morgan fingerprint density at radius 3 is 2.90 bits per heavy atom. The Balaban J connectivity index is 1.61. The maximum Gasteiger partial charge on any atom is 0.251 e. The van der Waals surface area contributed by atoms with E-state index in [0.29, 0.717) is 18.7 Å². The van der Waals surface area contributed by atoms with Crippen molar-refractivity contribution < 1.29 is 9.53 Å². The standard InChI is InChI=1S/C15H15N3O2S/c1-2-20-13-5-3-11(4-6-13)14(19)16-9-12-10-18-7-8-21-15(18)17-12/h3-8,10H,2,9H2,1H3,(H,16,19). The molecule has 5 nitrogen and oxygen atoms in total. The summed E-state index contributed by atoms with van der Waals surface area (Å²) in [5, 5.41) is 4.84. The van der Waals surface area contributed by atoms with Crippen LogP contribution in [0.3, 0.4) is 0 Å². The molecule has 0 spiro atoms. The van der Waals surface area contributed by atoms with Crippen molar-refractivity contribution in [3.8, 4) is 5.75 Å². The predicted molar refractivity (Wildman–Crippen MR) is 81.9 cm³/mol. The van der Waals surface area contributed by atoms with Crippen molar-refractivity contribution in [1.29, 1.82) is 0 Å². The van der Waals surface area contributed by atoms with Crippen molar-refractivity contribution in [1.82, 2.24) is 14.7 Å². The average Bonchev–Trinajstić information content (AvgIpc) is 3.07. The number of amides is 1. The van der Waals surface area contributed by atoms with Gasteiger partial charge in [-0.3, -0.25) is 9.20 Å². The normalized spacial score (nSPS) is 10.7. The molecule has 0 aliphatic rings. The highest BCUT2D eigenvalue weighted by atomic mass is 32.1. The van der Waals surface area contributed by atoms with Crippen molar-refractivity contribution >= 4 is 22.2 Å². The van der Waals surface area contributed by atoms with Crippen LogP contribution in [-0.2, 0) is 6.54 Å². The molecule has 0 saturated heterocycles. The van der Waals surface area contributed by atoms with E-state index in [9.17, 15) is 4.79 Å². The Bertz CT molecular complexity index is 717. The van der Waals surface area contributed by atoms with Gasteiger partial charge in [-0.05, 0) is 31.2 Å². The fourth-order valence-corrected chi connectivity index (χ4v) is 2.72. The van der Waals surface area contributed by atoms with Crippen LogP contribution in [-0.4, -0.2) is 21.9 Å². The van der Waals surface area contributed by atoms with Crippen LogP contribution in [0.4, 0.5) is 0 Å². The van der Waals surface area contributed by atoms with E-state index in [2.05, 4.69) is 10.3 Å². The lowest BCUT2D eigenvalue weighted by molar-refractivity contribution is 0.0950. The molecule has 0 saturated carbocycles. The third-order valence-electron chi connectivity index (χ3n) is 3.00. The van der Waals surface area contributed by atoms with Gasteiger partial charge in [-0.25, -0.2) is 4.98 Å². The summed E-state index contributed by atoms with van der Waals surface area (Å²) >= 11 is 1.57. The van der Waals surface area contributed by atoms with Crippen LogP contribution in [0, 0.1) is 0 Å². The maximum absolute atomic E-state index is 12.1. The van der Waals surface area contributed by atoms with Gasteiger partial charge in [0.2, 0.25) is 0 Å². The number of benzene rings is 1. The van der Waals surface area contributed by atoms with Crippen LogP contribution in [0.25, 0.3) is 4.96 Å². The van der Waals surface area contributed by atoms with Crippen molar-refractivity contribution in [2.45, 2.75) is 13.5 Å². The minimum absolute atomic E-state index is 0.116. The number of hydrogen-bond donors (Lipinski definition) is 1. The van der Waals surface area contributed by atoms with Gasteiger partial charge in [-0.2, -0.15) is 0 Å². The summed E-state index contributed by atoms with van der Waals surface area (Å²) in [6.07, 6.45) is 3.87. The highest BCUT2D eigenvalue weighted by Gasteiger charge is 2.07. The first kappa shape index (κ1) is 13.6. The number of aromatic nitrogens is 2. The maximum atomic E-state index is 12.1. The van der Waals surface area contributed by atoms with E-state index in [1.54, 1.807) is 35.6 Å². The molecule has 1 amide bonds. The minimum Gasteiger partial charge on any atom is -0.494 e. The van der Waals surface area contributed by atoms with Gasteiger partial charge in [0, 0.05) is 23.3 Å². The molecular formula is C15H15N3O2S. The van der Waals surface area contributed by atoms with Crippen LogP contribution in [0.2, 0.25) is 0 Å². The van der Waals surface area contributed by atoms with Gasteiger partial charge in [-0.1, -0.05) is 0 Å². The van der Waals surface area contributed by atoms with E-state index in [-0.39, 0.29) is 5.91 Å². The number of hydrogen-bond acceptors (Lipinski definition) is 4. The fourth-order valence-electron chi connectivity index (χ4n) is 2.00. The Morgan fingerprint density at radius 1 is 1.38 bits per heavy atom. The molecule has 0 radical (unpaired) electrons. The third-order valence-corrected chi connectivity index (χ3v) is 3.77. The molecule has 1 N–H and O–H groups in total. The van der Waals surface area contributed by atoms with E-state index in [1.807, 2.05) is 29.1 Å². The first-order valence-corrected chi connectivity index (χ1v) is 7.56. The van der Waals surface area contributed by atoms with Gasteiger partial charge >= 0.3 is 0 Å². The van der Waals surface area contributed by atoms with Gasteiger partial charge in [0.1, 0.15) is 5.75 Å². The summed E-state index contributed by atoms with van der Waals surface area (Å²) in [7, 11) is 0. The van der Waals surface area contributed by atoms with E-state index in [1.165, 1.54) is 0 Å². The quantitative estimate of drug-likeness (QED) is 0.788. The number of rotatable bonds is 5. The van der Waals surface area contributed by atoms with Crippen molar-refractivity contribution in [2.75, 3.05) is 6.61 Å². The monoisotopic (exact) mass is 301 g/mol. The SMILES string of the molecule is CCOc1ccc(C(=O)NCc2cn3ccsc3n2)cc1. The number of thiazole rings is 1. The lowest BCUT2D eigenvalue weighted by Gasteiger charge is -2.05. The summed E-state index contributed by atoms with van der Waals surface area (Å²) in [5.41, 5.74) is 1.46. The second-order valence-corrected chi connectivity index (χ2v) is 5.34. The number of imidazole rings is 1. The zero-order valence-electron chi connectivity index (χ0n) is 11.6. The van der Waals surface area contributed by atoms with Gasteiger partial charge in [0.25, 0.3) is 5.91 Å². The third kappa shape index (κ3) is 3.05. The number of nitrogens with one attached hydrogen (secondary N) is 1. The van der Waals surface area contributed by atoms with Crippen LogP contribution in [0.5, 0.6) is 5.75 Å². The first-order chi connectivity index (χ1) is 10.3. The Labute approximate surface area is 126 Å². The molecule has 0 aliphatic carbocycles. The number of carbonyl (C=O) groups excluding carboxylic acids is 1. The zero-order valence-corrected chi connectivity index (χ0v) is 12.4. The molecule has 0 unspecified atom stereocenters. The molecule has 3 aromatic rings. The number of ether oxygens (including phenoxy) is 1. The Hall–Kier alpha value is -2.34. The van der Waals surface area contributed by atoms with Crippen LogP contribution in [0.15, 0.2) is 42.0 Å². The molecule has 0 fully saturated rings. The van der Waals surface area contributed by atoms with E-state index in [4.69, 9.17) is 4.74 Å². The average molecular weight is 301 g/mol. The van der Waals surface area contributed by atoms with Gasteiger partial charge in [-0.15, -0.1) is 11.3 Å². The Morgan fingerprint density at radius 2 is 2.19 bits per heavy atom. The summed E-state index contributed by atoms with van der Waals surface area (Å²) in [6, 6.07) is 7.11. The molecular weight excluding hydrogens is 286 g/mol. The minimum atomic E-state index is -0.116. The summed E-state index contributed by atoms with van der Waals surface area (Å²) in [5.74, 6) is 0.651. The molecule has 3 rings (SSSR count). The molecule has 0 aliphatic heterocycles. The van der Waals surface area contributed by atoms with Crippen LogP contribution in [0.1, 0.15) is 23.0 Å². The highest BCUT2D eigenvalue weighted by Crippen LogP contribution is 2.13. The number of nitrogens with zero attached hydrogens (tertiary/aromatic N) is 2. The largest absolute Gasteiger partial charge is 0.494 e. The van der Waals surface area contributed by atoms with Crippen molar-refractivity contribution in [2.24, 2.45) is 0 Å². The summed E-state index contributed by atoms with van der Waals surface area (Å²) in [6.45, 7) is 2.96. The van der Waals surface area contributed by atoms with E-state index >= 15 is 0 Å². The molecule has 2 aromatic heterocycles. The lowest BCUT2D eigenvalue weighted by atomic mass is 10.2. The number of fused-ring (bicyclic) bond motifs is 1. The second-order valence-electron chi connectivity index (χ2n) is 4.47. The lowest BCUT2D eigenvalue weighted by Crippen LogP contribution is -2.22. The van der Waals surface area contributed by atoms with Crippen LogP contribution < -0.4 is 10.1 Å². The molecule has 21 heavy (non-hydrogen) atoms. The van der Waals surface area contributed by atoms with Gasteiger partial charge in [0.15, 0.2) is 4.96 Å². The van der Waals surface area contributed by atoms with Gasteiger partial charge in [0.05, 0.1) is 18.8 Å². The first-order valence-electron chi connectivity index (χ1n) is 6.68. The van der Waals surface area contributed by atoms with Crippen LogP contribution >= 0.6 is 11.3 Å². The topological polar surface area (TPSA) is 55.6 Å². The van der Waals surface area contributed by atoms with Crippen molar-refractivity contribution in [3.63, 3.8) is 0 Å². The van der Waals surface area contributed by atoms with Crippen molar-refractivity contribution in [3.05, 3.63) is 53.3 Å². The molecule has 2 heterocycles. The summed E-state index contributed by atoms with van der Waals surface area (Å²) in [4.78, 5) is 17.4. The Kier molecular flexibility index (Phi) is 3.87. The van der Waals surface area contributed by atoms with Gasteiger partial charge < -0.3 is 10.1 Å². The highest BCUT2D eigenvalue weighted by molar-refractivity contribution is 7.15. The molecule has 6 heteroatoms. The van der Waals surface area contributed by atoms with E-state index in [0.717, 1.165) is 16.4 Å². The smallest absolute Gasteiger partial charge is 0.251 e. The molecule has 108 valence electrons. The summed E-state index contributed by atoms with van der Waals surface area (Å²) < 4.78 is 7.30. The molecule has 1 aromatic carbocycles. The molecule has 0 atom stereocenters. The molecule has 0 bridgehead atoms. The predicted octanol–water partition coefficient (Wildman–Crippen LogP) is 2.72.